The minimum absolute atomic E-state index is 0.404. The lowest BCUT2D eigenvalue weighted by molar-refractivity contribution is -0.254. The van der Waals surface area contributed by atoms with Crippen molar-refractivity contribution >= 4 is 5.82 Å². The zero-order chi connectivity index (χ0) is 13.8. The van der Waals surface area contributed by atoms with E-state index in [-0.39, 0.29) is 0 Å². The van der Waals surface area contributed by atoms with Crippen LogP contribution in [0.1, 0.15) is 0 Å². The molecule has 19 heavy (non-hydrogen) atoms. The predicted octanol–water partition coefficient (Wildman–Crippen LogP) is -1.66. The van der Waals surface area contributed by atoms with Crippen molar-refractivity contribution in [3.05, 3.63) is 18.6 Å². The van der Waals surface area contributed by atoms with Crippen molar-refractivity contribution in [2.45, 2.75) is 30.6 Å². The Kier molecular flexibility index (Phi) is 4.61. The molecule has 0 radical (unpaired) electrons. The lowest BCUT2D eigenvalue weighted by Gasteiger charge is -2.41. The monoisotopic (exact) mass is 271 g/mol. The van der Waals surface area contributed by atoms with Crippen molar-refractivity contribution in [3.63, 3.8) is 0 Å². The number of ether oxygens (including phenoxy) is 2. The number of nitrogens with one attached hydrogen (secondary N) is 1. The second kappa shape index (κ2) is 6.22. The summed E-state index contributed by atoms with van der Waals surface area (Å²) in [6.07, 6.45) is -1.18. The van der Waals surface area contributed by atoms with E-state index >= 15 is 0 Å². The van der Waals surface area contributed by atoms with Crippen molar-refractivity contribution in [2.24, 2.45) is 0 Å². The van der Waals surface area contributed by atoms with Gasteiger partial charge in [-0.25, -0.2) is 9.97 Å². The molecule has 0 spiro atoms. The summed E-state index contributed by atoms with van der Waals surface area (Å²) in [6.45, 7) is -0.404. The summed E-state index contributed by atoms with van der Waals surface area (Å²) in [5.41, 5.74) is 0. The Balaban J connectivity index is 2.13. The van der Waals surface area contributed by atoms with E-state index in [1.165, 1.54) is 13.4 Å². The van der Waals surface area contributed by atoms with Gasteiger partial charge in [0.1, 0.15) is 36.5 Å². The second-order valence-corrected chi connectivity index (χ2v) is 4.21. The highest BCUT2D eigenvalue weighted by molar-refractivity contribution is 5.34. The van der Waals surface area contributed by atoms with Crippen LogP contribution in [0.15, 0.2) is 18.6 Å². The molecule has 8 heteroatoms. The SMILES string of the molecule is CO[C@H]1O[C@H](CO)[C@H](O)[C@H](O)[C@H]1Nc1ccncn1. The number of aliphatic hydroxyl groups is 3. The Hall–Kier alpha value is -1.32. The predicted molar refractivity (Wildman–Crippen MR) is 64.2 cm³/mol. The molecule has 0 amide bonds. The highest BCUT2D eigenvalue weighted by Gasteiger charge is 2.44. The largest absolute Gasteiger partial charge is 0.394 e. The molecule has 1 aliphatic rings. The Morgan fingerprint density at radius 3 is 2.79 bits per heavy atom. The van der Waals surface area contributed by atoms with Crippen LogP contribution in [-0.4, -0.2) is 69.6 Å². The minimum atomic E-state index is -1.21. The molecule has 0 aromatic carbocycles. The summed E-state index contributed by atoms with van der Waals surface area (Å²) in [5, 5.41) is 31.9. The van der Waals surface area contributed by atoms with E-state index in [0.29, 0.717) is 5.82 Å². The molecule has 2 heterocycles. The summed E-state index contributed by atoms with van der Waals surface area (Å²) in [4.78, 5) is 7.74. The van der Waals surface area contributed by atoms with Gasteiger partial charge in [0.25, 0.3) is 0 Å². The van der Waals surface area contributed by atoms with Gasteiger partial charge in [0.2, 0.25) is 0 Å². The first-order valence-corrected chi connectivity index (χ1v) is 5.85. The number of aliphatic hydroxyl groups excluding tert-OH is 3. The fourth-order valence-corrected chi connectivity index (χ4v) is 1.98. The fraction of sp³-hybridized carbons (Fsp3) is 0.636. The Labute approximate surface area is 110 Å². The molecule has 0 aliphatic carbocycles. The van der Waals surface area contributed by atoms with Gasteiger partial charge in [0, 0.05) is 13.3 Å². The van der Waals surface area contributed by atoms with Crippen LogP contribution in [0.4, 0.5) is 5.82 Å². The van der Waals surface area contributed by atoms with Crippen LogP contribution in [0.3, 0.4) is 0 Å². The fourth-order valence-electron chi connectivity index (χ4n) is 1.98. The summed E-state index contributed by atoms with van der Waals surface area (Å²) in [6, 6.07) is 0.905. The van der Waals surface area contributed by atoms with Crippen LogP contribution in [-0.2, 0) is 9.47 Å². The lowest BCUT2D eigenvalue weighted by atomic mass is 9.97. The van der Waals surface area contributed by atoms with E-state index in [1.54, 1.807) is 12.3 Å². The van der Waals surface area contributed by atoms with Gasteiger partial charge in [-0.3, -0.25) is 0 Å². The smallest absolute Gasteiger partial charge is 0.180 e. The van der Waals surface area contributed by atoms with E-state index in [0.717, 1.165) is 0 Å². The molecule has 5 atom stereocenters. The molecule has 1 aliphatic heterocycles. The Morgan fingerprint density at radius 2 is 2.21 bits per heavy atom. The van der Waals surface area contributed by atoms with Gasteiger partial charge in [0.15, 0.2) is 6.29 Å². The lowest BCUT2D eigenvalue weighted by Crippen LogP contribution is -2.61. The van der Waals surface area contributed by atoms with Crippen LogP contribution >= 0.6 is 0 Å². The molecular weight excluding hydrogens is 254 g/mol. The number of rotatable bonds is 4. The van der Waals surface area contributed by atoms with Crippen LogP contribution in [0.25, 0.3) is 0 Å². The quantitative estimate of drug-likeness (QED) is 0.514. The molecular formula is C11H17N3O5. The van der Waals surface area contributed by atoms with Gasteiger partial charge in [0.05, 0.1) is 6.61 Å². The van der Waals surface area contributed by atoms with E-state index in [9.17, 15) is 10.2 Å². The van der Waals surface area contributed by atoms with Gasteiger partial charge < -0.3 is 30.1 Å². The molecule has 106 valence electrons. The van der Waals surface area contributed by atoms with Gasteiger partial charge >= 0.3 is 0 Å². The molecule has 1 aromatic heterocycles. The van der Waals surface area contributed by atoms with Crippen molar-refractivity contribution in [2.75, 3.05) is 19.0 Å². The molecule has 0 saturated carbocycles. The van der Waals surface area contributed by atoms with E-state index in [4.69, 9.17) is 14.6 Å². The third-order valence-electron chi connectivity index (χ3n) is 3.01. The highest BCUT2D eigenvalue weighted by Crippen LogP contribution is 2.23. The number of hydrogen-bond acceptors (Lipinski definition) is 8. The number of aromatic nitrogens is 2. The maximum Gasteiger partial charge on any atom is 0.180 e. The van der Waals surface area contributed by atoms with Gasteiger partial charge in [-0.05, 0) is 6.07 Å². The van der Waals surface area contributed by atoms with E-state index in [1.807, 2.05) is 0 Å². The Morgan fingerprint density at radius 1 is 1.42 bits per heavy atom. The standard InChI is InChI=1S/C11H17N3O5/c1-18-11-8(14-7-2-3-12-5-13-7)10(17)9(16)6(4-15)19-11/h2-3,5-6,8-11,15-17H,4H2,1H3,(H,12,13,14)/t6-,8-,9+,10-,11+/m1/s1. The molecule has 8 nitrogen and oxygen atoms in total. The molecule has 2 rings (SSSR count). The van der Waals surface area contributed by atoms with Crippen LogP contribution in [0.5, 0.6) is 0 Å². The average molecular weight is 271 g/mol. The van der Waals surface area contributed by atoms with Crippen molar-refractivity contribution in [1.82, 2.24) is 9.97 Å². The summed E-state index contributed by atoms with van der Waals surface area (Å²) in [7, 11) is 1.41. The second-order valence-electron chi connectivity index (χ2n) is 4.21. The van der Waals surface area contributed by atoms with Crippen LogP contribution in [0, 0.1) is 0 Å². The molecule has 0 unspecified atom stereocenters. The minimum Gasteiger partial charge on any atom is -0.394 e. The third-order valence-corrected chi connectivity index (χ3v) is 3.01. The third kappa shape index (κ3) is 2.99. The van der Waals surface area contributed by atoms with Crippen molar-refractivity contribution in [3.8, 4) is 0 Å². The maximum absolute atomic E-state index is 10.1. The molecule has 0 bridgehead atoms. The van der Waals surface area contributed by atoms with Gasteiger partial charge in [-0.15, -0.1) is 0 Å². The first-order valence-electron chi connectivity index (χ1n) is 5.85. The number of anilines is 1. The normalized spacial score (nSPS) is 35.1. The highest BCUT2D eigenvalue weighted by atomic mass is 16.7. The molecule has 4 N–H and O–H groups in total. The summed E-state index contributed by atoms with van der Waals surface area (Å²) < 4.78 is 10.5. The average Bonchev–Trinajstić information content (AvgIpc) is 2.45. The first-order chi connectivity index (χ1) is 9.17. The first kappa shape index (κ1) is 14.1. The maximum atomic E-state index is 10.1. The number of methoxy groups -OCH3 is 1. The molecule has 1 fully saturated rings. The van der Waals surface area contributed by atoms with Crippen LogP contribution in [0.2, 0.25) is 0 Å². The van der Waals surface area contributed by atoms with E-state index in [2.05, 4.69) is 15.3 Å². The zero-order valence-electron chi connectivity index (χ0n) is 10.4. The summed E-state index contributed by atoms with van der Waals surface area (Å²) >= 11 is 0. The Bertz CT molecular complexity index is 391. The van der Waals surface area contributed by atoms with Gasteiger partial charge in [-0.2, -0.15) is 0 Å². The van der Waals surface area contributed by atoms with Gasteiger partial charge in [-0.1, -0.05) is 0 Å². The zero-order valence-corrected chi connectivity index (χ0v) is 10.4. The topological polar surface area (TPSA) is 117 Å². The van der Waals surface area contributed by atoms with Crippen molar-refractivity contribution < 1.29 is 24.8 Å². The molecule has 1 aromatic rings. The number of nitrogens with zero attached hydrogens (tertiary/aromatic N) is 2. The summed E-state index contributed by atoms with van der Waals surface area (Å²) in [5.74, 6) is 0.472. The number of hydrogen-bond donors (Lipinski definition) is 4. The van der Waals surface area contributed by atoms with Crippen molar-refractivity contribution in [1.29, 1.82) is 0 Å². The van der Waals surface area contributed by atoms with Crippen LogP contribution < -0.4 is 5.32 Å². The molecule has 1 saturated heterocycles. The van der Waals surface area contributed by atoms with E-state index < -0.39 is 37.3 Å².